The minimum atomic E-state index is 0.587. The second-order valence-corrected chi connectivity index (χ2v) is 7.56. The van der Waals surface area contributed by atoms with Crippen LogP contribution < -0.4 is 0 Å². The molecule has 1 aliphatic carbocycles. The van der Waals surface area contributed by atoms with Crippen LogP contribution in [0.4, 0.5) is 0 Å². The standard InChI is InChI=1S/C21H27N5/c1-15-6-8-18(9-7-15)14-26-20(22-21(24-26)19-10-11-19)5-4-12-25-17(3)13-16(2)23-25/h6-9,13,19H,4-5,10-12,14H2,1-3H3. The van der Waals surface area contributed by atoms with Crippen molar-refractivity contribution in [2.24, 2.45) is 0 Å². The Morgan fingerprint density at radius 2 is 1.77 bits per heavy atom. The van der Waals surface area contributed by atoms with Gasteiger partial charge in [-0.2, -0.15) is 10.2 Å². The molecule has 0 atom stereocenters. The van der Waals surface area contributed by atoms with Crippen molar-refractivity contribution in [1.29, 1.82) is 0 Å². The Bertz CT molecular complexity index is 884. The van der Waals surface area contributed by atoms with Gasteiger partial charge in [0, 0.05) is 24.6 Å². The average molecular weight is 349 g/mol. The number of nitrogens with zero attached hydrogens (tertiary/aromatic N) is 5. The van der Waals surface area contributed by atoms with Crippen LogP contribution in [0.15, 0.2) is 30.3 Å². The van der Waals surface area contributed by atoms with Crippen LogP contribution in [0.5, 0.6) is 0 Å². The van der Waals surface area contributed by atoms with Crippen LogP contribution in [-0.4, -0.2) is 24.5 Å². The quantitative estimate of drug-likeness (QED) is 0.649. The SMILES string of the molecule is Cc1ccc(Cn2nc(C3CC3)nc2CCCn2nc(C)cc2C)cc1. The molecule has 4 rings (SSSR count). The highest BCUT2D eigenvalue weighted by atomic mass is 15.4. The molecular weight excluding hydrogens is 322 g/mol. The third-order valence-corrected chi connectivity index (χ3v) is 5.03. The molecular formula is C21H27N5. The third-order valence-electron chi connectivity index (χ3n) is 5.03. The zero-order valence-electron chi connectivity index (χ0n) is 15.9. The van der Waals surface area contributed by atoms with Crippen molar-refractivity contribution in [2.45, 2.75) is 65.5 Å². The molecule has 2 heterocycles. The van der Waals surface area contributed by atoms with E-state index < -0.39 is 0 Å². The van der Waals surface area contributed by atoms with Crippen LogP contribution in [0, 0.1) is 20.8 Å². The lowest BCUT2D eigenvalue weighted by Gasteiger charge is -2.07. The molecule has 3 aromatic rings. The van der Waals surface area contributed by atoms with Gasteiger partial charge in [0.15, 0.2) is 5.82 Å². The summed E-state index contributed by atoms with van der Waals surface area (Å²) in [5.41, 5.74) is 4.88. The Labute approximate surface area is 155 Å². The van der Waals surface area contributed by atoms with Crippen LogP contribution in [0.25, 0.3) is 0 Å². The van der Waals surface area contributed by atoms with E-state index in [0.29, 0.717) is 5.92 Å². The number of hydrogen-bond acceptors (Lipinski definition) is 3. The van der Waals surface area contributed by atoms with Crippen molar-refractivity contribution in [3.8, 4) is 0 Å². The van der Waals surface area contributed by atoms with Crippen molar-refractivity contribution in [3.63, 3.8) is 0 Å². The molecule has 0 unspecified atom stereocenters. The summed E-state index contributed by atoms with van der Waals surface area (Å²) >= 11 is 0. The van der Waals surface area contributed by atoms with E-state index in [1.165, 1.54) is 29.7 Å². The molecule has 0 N–H and O–H groups in total. The highest BCUT2D eigenvalue weighted by Crippen LogP contribution is 2.38. The maximum Gasteiger partial charge on any atom is 0.154 e. The molecule has 1 saturated carbocycles. The van der Waals surface area contributed by atoms with E-state index in [1.807, 2.05) is 6.92 Å². The first-order valence-electron chi connectivity index (χ1n) is 9.59. The van der Waals surface area contributed by atoms with Crippen LogP contribution in [0.2, 0.25) is 0 Å². The summed E-state index contributed by atoms with van der Waals surface area (Å²) in [4.78, 5) is 4.87. The number of aryl methyl sites for hydroxylation is 5. The van der Waals surface area contributed by atoms with Crippen molar-refractivity contribution in [3.05, 3.63) is 64.5 Å². The van der Waals surface area contributed by atoms with E-state index >= 15 is 0 Å². The minimum absolute atomic E-state index is 0.587. The molecule has 5 nitrogen and oxygen atoms in total. The topological polar surface area (TPSA) is 48.5 Å². The molecule has 1 aromatic carbocycles. The second-order valence-electron chi connectivity index (χ2n) is 7.56. The van der Waals surface area contributed by atoms with E-state index in [-0.39, 0.29) is 0 Å². The lowest BCUT2D eigenvalue weighted by molar-refractivity contribution is 0.539. The van der Waals surface area contributed by atoms with E-state index in [0.717, 1.165) is 43.3 Å². The van der Waals surface area contributed by atoms with Crippen LogP contribution in [0.3, 0.4) is 0 Å². The summed E-state index contributed by atoms with van der Waals surface area (Å²) in [5, 5.41) is 9.38. The Hall–Kier alpha value is -2.43. The smallest absolute Gasteiger partial charge is 0.154 e. The molecule has 0 saturated heterocycles. The monoisotopic (exact) mass is 349 g/mol. The van der Waals surface area contributed by atoms with Crippen LogP contribution in [-0.2, 0) is 19.5 Å². The first-order chi connectivity index (χ1) is 12.6. The Balaban J connectivity index is 1.47. The normalized spacial score (nSPS) is 14.1. The molecule has 1 aliphatic rings. The second kappa shape index (κ2) is 7.06. The van der Waals surface area contributed by atoms with E-state index in [2.05, 4.69) is 58.6 Å². The van der Waals surface area contributed by atoms with Gasteiger partial charge in [-0.25, -0.2) is 9.67 Å². The molecule has 0 bridgehead atoms. The Kier molecular flexibility index (Phi) is 4.62. The molecule has 0 amide bonds. The molecule has 1 fully saturated rings. The molecule has 2 aromatic heterocycles. The fourth-order valence-electron chi connectivity index (χ4n) is 3.37. The van der Waals surface area contributed by atoms with Gasteiger partial charge < -0.3 is 0 Å². The van der Waals surface area contributed by atoms with Gasteiger partial charge in [-0.3, -0.25) is 4.68 Å². The Morgan fingerprint density at radius 3 is 2.42 bits per heavy atom. The van der Waals surface area contributed by atoms with Gasteiger partial charge in [-0.1, -0.05) is 29.8 Å². The molecule has 26 heavy (non-hydrogen) atoms. The first kappa shape index (κ1) is 17.0. The predicted molar refractivity (Wildman–Crippen MR) is 102 cm³/mol. The van der Waals surface area contributed by atoms with Gasteiger partial charge in [0.2, 0.25) is 0 Å². The van der Waals surface area contributed by atoms with Gasteiger partial charge in [0.05, 0.1) is 12.2 Å². The highest BCUT2D eigenvalue weighted by Gasteiger charge is 2.28. The Morgan fingerprint density at radius 1 is 1.00 bits per heavy atom. The summed E-state index contributed by atoms with van der Waals surface area (Å²) < 4.78 is 4.21. The van der Waals surface area contributed by atoms with Crippen LogP contribution >= 0.6 is 0 Å². The zero-order chi connectivity index (χ0) is 18.1. The van der Waals surface area contributed by atoms with Crippen molar-refractivity contribution in [1.82, 2.24) is 24.5 Å². The molecule has 0 spiro atoms. The molecule has 5 heteroatoms. The van der Waals surface area contributed by atoms with Crippen molar-refractivity contribution < 1.29 is 0 Å². The average Bonchev–Trinajstić information content (AvgIpc) is 3.31. The summed E-state index contributed by atoms with van der Waals surface area (Å²) in [6.07, 6.45) is 4.43. The maximum absolute atomic E-state index is 4.87. The molecule has 136 valence electrons. The fourth-order valence-corrected chi connectivity index (χ4v) is 3.37. The van der Waals surface area contributed by atoms with Crippen molar-refractivity contribution in [2.75, 3.05) is 0 Å². The first-order valence-corrected chi connectivity index (χ1v) is 9.59. The lowest BCUT2D eigenvalue weighted by atomic mass is 10.1. The largest absolute Gasteiger partial charge is 0.270 e. The van der Waals surface area contributed by atoms with Gasteiger partial charge in [0.1, 0.15) is 5.82 Å². The number of aromatic nitrogens is 5. The summed E-state index contributed by atoms with van der Waals surface area (Å²) in [6.45, 7) is 8.01. The zero-order valence-corrected chi connectivity index (χ0v) is 15.9. The molecule has 0 radical (unpaired) electrons. The fraction of sp³-hybridized carbons (Fsp3) is 0.476. The number of rotatable bonds is 7. The third kappa shape index (κ3) is 3.87. The van der Waals surface area contributed by atoms with E-state index in [9.17, 15) is 0 Å². The maximum atomic E-state index is 4.87. The van der Waals surface area contributed by atoms with E-state index in [1.54, 1.807) is 0 Å². The van der Waals surface area contributed by atoms with Crippen LogP contribution in [0.1, 0.15) is 59.3 Å². The number of benzene rings is 1. The summed E-state index contributed by atoms with van der Waals surface area (Å²) in [6, 6.07) is 10.8. The summed E-state index contributed by atoms with van der Waals surface area (Å²) in [5.74, 6) is 2.73. The van der Waals surface area contributed by atoms with Crippen molar-refractivity contribution >= 4 is 0 Å². The lowest BCUT2D eigenvalue weighted by Crippen LogP contribution is -2.09. The summed E-state index contributed by atoms with van der Waals surface area (Å²) in [7, 11) is 0. The highest BCUT2D eigenvalue weighted by molar-refractivity contribution is 5.22. The van der Waals surface area contributed by atoms with Gasteiger partial charge in [-0.15, -0.1) is 0 Å². The van der Waals surface area contributed by atoms with Gasteiger partial charge >= 0.3 is 0 Å². The molecule has 0 aliphatic heterocycles. The predicted octanol–water partition coefficient (Wildman–Crippen LogP) is 3.96. The van der Waals surface area contributed by atoms with E-state index in [4.69, 9.17) is 10.1 Å². The number of hydrogen-bond donors (Lipinski definition) is 0. The minimum Gasteiger partial charge on any atom is -0.270 e. The van der Waals surface area contributed by atoms with Gasteiger partial charge in [0.25, 0.3) is 0 Å². The van der Waals surface area contributed by atoms with Gasteiger partial charge in [-0.05, 0) is 51.7 Å².